The van der Waals surface area contributed by atoms with E-state index in [4.69, 9.17) is 4.74 Å². The van der Waals surface area contributed by atoms with Gasteiger partial charge in [-0.25, -0.2) is 4.98 Å². The Morgan fingerprint density at radius 3 is 2.97 bits per heavy atom. The number of allylic oxidation sites excluding steroid dienone is 1. The molecule has 8 nitrogen and oxygen atoms in total. The van der Waals surface area contributed by atoms with E-state index >= 15 is 0 Å². The summed E-state index contributed by atoms with van der Waals surface area (Å²) in [5, 5.41) is 16.1. The highest BCUT2D eigenvalue weighted by molar-refractivity contribution is 7.99. The van der Waals surface area contributed by atoms with Gasteiger partial charge in [0.25, 0.3) is 0 Å². The van der Waals surface area contributed by atoms with E-state index in [1.807, 2.05) is 16.0 Å². The number of ether oxygens (including phenoxy) is 1. The molecule has 0 radical (unpaired) electrons. The van der Waals surface area contributed by atoms with E-state index in [2.05, 4.69) is 33.1 Å². The first-order chi connectivity index (χ1) is 14.6. The average Bonchev–Trinajstić information content (AvgIpc) is 3.45. The number of anilines is 1. The predicted octanol–water partition coefficient (Wildman–Crippen LogP) is 3.41. The minimum absolute atomic E-state index is 0.0899. The van der Waals surface area contributed by atoms with Crippen molar-refractivity contribution in [2.75, 3.05) is 17.7 Å². The molecule has 0 aromatic carbocycles. The molecule has 0 aliphatic heterocycles. The number of nitrogens with one attached hydrogen (secondary N) is 1. The zero-order chi connectivity index (χ0) is 21.3. The molecule has 3 heterocycles. The monoisotopic (exact) mass is 463 g/mol. The van der Waals surface area contributed by atoms with Gasteiger partial charge in [-0.05, 0) is 18.4 Å². The maximum atomic E-state index is 12.3. The molecule has 0 saturated heterocycles. The summed E-state index contributed by atoms with van der Waals surface area (Å²) >= 11 is 4.25. The van der Waals surface area contributed by atoms with Crippen LogP contribution in [0.2, 0.25) is 0 Å². The molecular formula is C19H21N5O3S3. The summed E-state index contributed by atoms with van der Waals surface area (Å²) in [6, 6.07) is 4.06. The van der Waals surface area contributed by atoms with Gasteiger partial charge in [0, 0.05) is 23.2 Å². The Morgan fingerprint density at radius 1 is 1.37 bits per heavy atom. The molecule has 3 aromatic rings. The fraction of sp³-hybridized carbons (Fsp3) is 0.316. The molecular weight excluding hydrogens is 442 g/mol. The zero-order valence-corrected chi connectivity index (χ0v) is 18.8. The van der Waals surface area contributed by atoms with Crippen LogP contribution < -0.4 is 5.32 Å². The normalized spacial score (nSPS) is 10.7. The third kappa shape index (κ3) is 6.25. The summed E-state index contributed by atoms with van der Waals surface area (Å²) in [6.45, 7) is 6.45. The molecule has 0 bridgehead atoms. The number of thioether (sulfide) groups is 1. The Labute approximate surface area is 186 Å². The topological polar surface area (TPSA) is 99.0 Å². The van der Waals surface area contributed by atoms with E-state index in [0.717, 1.165) is 5.82 Å². The number of esters is 1. The van der Waals surface area contributed by atoms with Crippen molar-refractivity contribution in [3.8, 4) is 0 Å². The first-order valence-electron chi connectivity index (χ1n) is 9.17. The van der Waals surface area contributed by atoms with Gasteiger partial charge in [0.15, 0.2) is 10.3 Å². The van der Waals surface area contributed by atoms with Crippen molar-refractivity contribution in [3.63, 3.8) is 0 Å². The van der Waals surface area contributed by atoms with Crippen LogP contribution >= 0.6 is 34.4 Å². The quantitative estimate of drug-likeness (QED) is 0.264. The zero-order valence-electron chi connectivity index (χ0n) is 16.4. The Kier molecular flexibility index (Phi) is 8.17. The van der Waals surface area contributed by atoms with Crippen LogP contribution in [0.5, 0.6) is 0 Å². The lowest BCUT2D eigenvalue weighted by Gasteiger charge is -2.07. The van der Waals surface area contributed by atoms with Crippen LogP contribution in [0.4, 0.5) is 5.13 Å². The van der Waals surface area contributed by atoms with Gasteiger partial charge < -0.3 is 14.6 Å². The fourth-order valence-corrected chi connectivity index (χ4v) is 4.72. The number of hydrogen-bond donors (Lipinski definition) is 1. The second-order valence-corrected chi connectivity index (χ2v) is 8.85. The number of hydrogen-bond acceptors (Lipinski definition) is 9. The molecule has 1 amide bonds. The lowest BCUT2D eigenvalue weighted by atomic mass is 10.3. The first-order valence-corrected chi connectivity index (χ1v) is 11.9. The highest BCUT2D eigenvalue weighted by Gasteiger charge is 2.15. The summed E-state index contributed by atoms with van der Waals surface area (Å²) in [7, 11) is 0. The average molecular weight is 464 g/mol. The van der Waals surface area contributed by atoms with Crippen molar-refractivity contribution in [2.24, 2.45) is 0 Å². The number of amides is 1. The van der Waals surface area contributed by atoms with Crippen molar-refractivity contribution >= 4 is 51.4 Å². The van der Waals surface area contributed by atoms with E-state index < -0.39 is 0 Å². The Balaban J connectivity index is 1.55. The van der Waals surface area contributed by atoms with E-state index in [9.17, 15) is 9.59 Å². The van der Waals surface area contributed by atoms with Gasteiger partial charge in [-0.3, -0.25) is 9.59 Å². The first kappa shape index (κ1) is 22.2. The number of carbonyl (C=O) groups is 2. The molecule has 3 aromatic heterocycles. The molecule has 0 fully saturated rings. The van der Waals surface area contributed by atoms with E-state index in [0.29, 0.717) is 35.6 Å². The molecule has 158 valence electrons. The van der Waals surface area contributed by atoms with Crippen LogP contribution in [0, 0.1) is 0 Å². The van der Waals surface area contributed by atoms with Crippen LogP contribution in [0.25, 0.3) is 0 Å². The van der Waals surface area contributed by atoms with Crippen LogP contribution in [0.3, 0.4) is 0 Å². The van der Waals surface area contributed by atoms with Crippen molar-refractivity contribution in [1.82, 2.24) is 19.7 Å². The Morgan fingerprint density at radius 2 is 2.23 bits per heavy atom. The molecule has 0 spiro atoms. The number of thiophene rings is 1. The number of aromatic nitrogens is 4. The maximum Gasteiger partial charge on any atom is 0.311 e. The largest absolute Gasteiger partial charge is 0.466 e. The molecule has 1 N–H and O–H groups in total. The third-order valence-corrected chi connectivity index (χ3v) is 6.43. The summed E-state index contributed by atoms with van der Waals surface area (Å²) in [6.07, 6.45) is 2.56. The number of rotatable bonds is 11. The molecule has 11 heteroatoms. The van der Waals surface area contributed by atoms with Crippen LogP contribution in [-0.4, -0.2) is 44.0 Å². The number of thiazole rings is 1. The summed E-state index contributed by atoms with van der Waals surface area (Å²) < 4.78 is 6.87. The van der Waals surface area contributed by atoms with Gasteiger partial charge in [0.05, 0.1) is 24.5 Å². The van der Waals surface area contributed by atoms with Gasteiger partial charge >= 0.3 is 5.97 Å². The smallest absolute Gasteiger partial charge is 0.311 e. The molecule has 0 aliphatic carbocycles. The molecule has 0 atom stereocenters. The van der Waals surface area contributed by atoms with Crippen molar-refractivity contribution in [2.45, 2.75) is 31.5 Å². The lowest BCUT2D eigenvalue weighted by Crippen LogP contribution is -2.15. The van der Waals surface area contributed by atoms with Gasteiger partial charge in [-0.2, -0.15) is 0 Å². The second-order valence-electron chi connectivity index (χ2n) is 6.02. The molecule has 30 heavy (non-hydrogen) atoms. The summed E-state index contributed by atoms with van der Waals surface area (Å²) in [5.74, 6) is 0.464. The van der Waals surface area contributed by atoms with E-state index in [-0.39, 0.29) is 24.1 Å². The standard InChI is InChI=1S/C19H21N5O3S3/c1-3-7-24-15(10-14-6-5-8-28-14)22-23-19(24)30-12-16(25)21-18-20-13(11-29-18)9-17(26)27-4-2/h3,5-6,8,11H,1,4,7,9-10,12H2,2H3,(H,20,21,25). The third-order valence-electron chi connectivity index (χ3n) is 3.78. The Hall–Kier alpha value is -2.50. The van der Waals surface area contributed by atoms with Crippen molar-refractivity contribution in [3.05, 3.63) is 51.9 Å². The SMILES string of the molecule is C=CCn1c(Cc2cccs2)nnc1SCC(=O)Nc1nc(CC(=O)OCC)cs1. The van der Waals surface area contributed by atoms with E-state index in [1.165, 1.54) is 28.0 Å². The predicted molar refractivity (Wildman–Crippen MR) is 119 cm³/mol. The van der Waals surface area contributed by atoms with Crippen LogP contribution in [-0.2, 0) is 33.7 Å². The van der Waals surface area contributed by atoms with Crippen molar-refractivity contribution in [1.29, 1.82) is 0 Å². The Bertz CT molecular complexity index is 997. The van der Waals surface area contributed by atoms with Gasteiger partial charge in [0.2, 0.25) is 5.91 Å². The van der Waals surface area contributed by atoms with Gasteiger partial charge in [-0.15, -0.1) is 39.4 Å². The second kappa shape index (κ2) is 11.0. The van der Waals surface area contributed by atoms with Crippen molar-refractivity contribution < 1.29 is 14.3 Å². The van der Waals surface area contributed by atoms with Gasteiger partial charge in [-0.1, -0.05) is 23.9 Å². The highest BCUT2D eigenvalue weighted by atomic mass is 32.2. The minimum atomic E-state index is -0.337. The molecule has 3 rings (SSSR count). The lowest BCUT2D eigenvalue weighted by molar-refractivity contribution is -0.142. The number of nitrogens with zero attached hydrogens (tertiary/aromatic N) is 4. The molecule has 0 unspecified atom stereocenters. The van der Waals surface area contributed by atoms with Crippen LogP contribution in [0.1, 0.15) is 23.3 Å². The molecule has 0 saturated carbocycles. The van der Waals surface area contributed by atoms with Gasteiger partial charge in [0.1, 0.15) is 5.82 Å². The van der Waals surface area contributed by atoms with E-state index in [1.54, 1.807) is 29.7 Å². The fourth-order valence-electron chi connectivity index (χ4n) is 2.53. The van der Waals surface area contributed by atoms with Crippen LogP contribution in [0.15, 0.2) is 40.7 Å². The number of carbonyl (C=O) groups excluding carboxylic acids is 2. The minimum Gasteiger partial charge on any atom is -0.466 e. The highest BCUT2D eigenvalue weighted by Crippen LogP contribution is 2.22. The summed E-state index contributed by atoms with van der Waals surface area (Å²) in [4.78, 5) is 29.3. The maximum absolute atomic E-state index is 12.3. The molecule has 0 aliphatic rings. The summed E-state index contributed by atoms with van der Waals surface area (Å²) in [5.41, 5.74) is 0.574.